The molecule has 0 unspecified atom stereocenters. The largest absolute Gasteiger partial charge is 0.335 e. The van der Waals surface area contributed by atoms with Crippen molar-refractivity contribution < 1.29 is 8.42 Å². The maximum atomic E-state index is 12.0. The Labute approximate surface area is 290 Å². The number of fused-ring (bicyclic) bond motifs is 7. The summed E-state index contributed by atoms with van der Waals surface area (Å²) in [6, 6.07) is 0. The number of hydrogen-bond donors (Lipinski definition) is 1. The molecule has 8 nitrogen and oxygen atoms in total. The molecule has 2 aliphatic heterocycles. The molecule has 264 valence electrons. The first-order chi connectivity index (χ1) is 22.6. The Balaban J connectivity index is 1.13. The predicted octanol–water partition coefficient (Wildman–Crippen LogP) is 6.93. The number of nitrogens with zero attached hydrogens (tertiary/aromatic N) is 5. The van der Waals surface area contributed by atoms with Crippen molar-refractivity contribution in [3.05, 3.63) is 36.0 Å². The van der Waals surface area contributed by atoms with Crippen LogP contribution in [0.25, 0.3) is 4.85 Å². The van der Waals surface area contributed by atoms with E-state index in [0.29, 0.717) is 70.7 Å². The topological polar surface area (TPSA) is 82.8 Å². The first-order valence-electron chi connectivity index (χ1n) is 18.9. The molecule has 0 amide bonds. The van der Waals surface area contributed by atoms with Crippen LogP contribution >= 0.6 is 0 Å². The number of nitrogens with one attached hydrogen (secondary N) is 1. The predicted molar refractivity (Wildman–Crippen MR) is 194 cm³/mol. The molecule has 48 heavy (non-hydrogen) atoms. The molecule has 0 aromatic carbocycles. The van der Waals surface area contributed by atoms with Gasteiger partial charge < -0.3 is 15.1 Å². The highest BCUT2D eigenvalue weighted by Crippen LogP contribution is 2.75. The fourth-order valence-corrected chi connectivity index (χ4v) is 14.7. The molecule has 1 aromatic rings. The number of allylic oxidation sites excluding steroid dienone is 1. The lowest BCUT2D eigenvalue weighted by Crippen LogP contribution is -2.71. The van der Waals surface area contributed by atoms with Gasteiger partial charge in [0.25, 0.3) is 0 Å². The van der Waals surface area contributed by atoms with Crippen molar-refractivity contribution >= 4 is 21.5 Å². The van der Waals surface area contributed by atoms with E-state index in [1.807, 2.05) is 0 Å². The van der Waals surface area contributed by atoms with E-state index in [4.69, 9.17) is 6.57 Å². The SMILES string of the molecule is [C-]#[N+]c1cnc(N2CC[C@]3(C)[C@H]4CC[C@@H]5[C@H]6[C@H](C(=C)C)CC[C@]6(NCCN6CCS(=O)(=O)CC6)CC[C@@]5(C)[C@]4(C)CC[C@H]3C2(C)C)nc1. The normalized spacial score (nSPS) is 43.3. The van der Waals surface area contributed by atoms with Gasteiger partial charge in [0.2, 0.25) is 11.6 Å². The van der Waals surface area contributed by atoms with Crippen LogP contribution in [0.4, 0.5) is 11.6 Å². The van der Waals surface area contributed by atoms with E-state index in [1.54, 1.807) is 12.4 Å². The van der Waals surface area contributed by atoms with Gasteiger partial charge in [0.05, 0.1) is 18.1 Å². The standard InChI is InChI=1S/C39H60N6O2S/c1-27(2)29-11-14-39(43-18-20-44-21-23-48(46,47)24-22-44)16-15-37(6)30(33(29)39)9-10-32-36(5)17-19-45(34-41-25-28(40-8)26-42-34)35(3,4)31(36)12-13-38(32,37)7/h25-26,29-33,43H,1,9-24H2,2-7H3/t29-,30+,31-,32+,33+,36-,37+,38+,39-/m0/s1. The summed E-state index contributed by atoms with van der Waals surface area (Å²) in [6.45, 7) is 31.3. The van der Waals surface area contributed by atoms with Crippen LogP contribution in [-0.4, -0.2) is 78.6 Å². The molecule has 4 aliphatic carbocycles. The van der Waals surface area contributed by atoms with Crippen LogP contribution < -0.4 is 10.2 Å². The van der Waals surface area contributed by atoms with E-state index in [0.717, 1.165) is 32.0 Å². The summed E-state index contributed by atoms with van der Waals surface area (Å²) in [7, 11) is -2.85. The highest BCUT2D eigenvalue weighted by atomic mass is 32.2. The van der Waals surface area contributed by atoms with E-state index in [-0.39, 0.29) is 16.5 Å². The van der Waals surface area contributed by atoms with E-state index >= 15 is 0 Å². The zero-order valence-electron chi connectivity index (χ0n) is 30.5. The first-order valence-corrected chi connectivity index (χ1v) is 20.7. The van der Waals surface area contributed by atoms with E-state index in [1.165, 1.54) is 56.9 Å². The van der Waals surface area contributed by atoms with Crippen molar-refractivity contribution in [3.8, 4) is 0 Å². The van der Waals surface area contributed by atoms with Gasteiger partial charge in [-0.25, -0.2) is 23.2 Å². The third kappa shape index (κ3) is 5.12. The van der Waals surface area contributed by atoms with E-state index in [9.17, 15) is 8.42 Å². The van der Waals surface area contributed by atoms with Crippen LogP contribution in [0.1, 0.15) is 99.3 Å². The van der Waals surface area contributed by atoms with Crippen LogP contribution in [0.5, 0.6) is 0 Å². The average Bonchev–Trinajstić information content (AvgIpc) is 3.42. The number of hydrogen-bond acceptors (Lipinski definition) is 7. The highest BCUT2D eigenvalue weighted by molar-refractivity contribution is 7.91. The fraction of sp³-hybridized carbons (Fsp3) is 0.821. The van der Waals surface area contributed by atoms with E-state index in [2.05, 4.69) is 78.1 Å². The van der Waals surface area contributed by atoms with Crippen molar-refractivity contribution in [1.29, 1.82) is 0 Å². The molecule has 3 heterocycles. The summed E-state index contributed by atoms with van der Waals surface area (Å²) in [5.41, 5.74) is 2.81. The van der Waals surface area contributed by atoms with Gasteiger partial charge in [-0.3, -0.25) is 0 Å². The fourth-order valence-electron chi connectivity index (χ4n) is 13.5. The summed E-state index contributed by atoms with van der Waals surface area (Å²) >= 11 is 0. The molecule has 0 bridgehead atoms. The smallest absolute Gasteiger partial charge is 0.223 e. The van der Waals surface area contributed by atoms with Gasteiger partial charge in [-0.15, -0.1) is 0 Å². The second-order valence-corrected chi connectivity index (χ2v) is 20.5. The number of aromatic nitrogens is 2. The molecular formula is C39H60N6O2S. The molecule has 0 spiro atoms. The van der Waals surface area contributed by atoms with Crippen molar-refractivity contribution in [3.63, 3.8) is 0 Å². The summed E-state index contributed by atoms with van der Waals surface area (Å²) < 4.78 is 24.0. The van der Waals surface area contributed by atoms with Crippen molar-refractivity contribution in [2.45, 2.75) is 110 Å². The van der Waals surface area contributed by atoms with Gasteiger partial charge in [-0.2, -0.15) is 0 Å². The minimum absolute atomic E-state index is 0.0631. The maximum Gasteiger partial charge on any atom is 0.223 e. The molecule has 2 saturated heterocycles. The number of piperidine rings is 1. The van der Waals surface area contributed by atoms with Crippen LogP contribution in [-0.2, 0) is 9.84 Å². The van der Waals surface area contributed by atoms with Gasteiger partial charge >= 0.3 is 0 Å². The van der Waals surface area contributed by atoms with Crippen LogP contribution in [0.3, 0.4) is 0 Å². The molecule has 1 aromatic heterocycles. The number of anilines is 1. The molecule has 7 rings (SSSR count). The van der Waals surface area contributed by atoms with Gasteiger partial charge in [0.15, 0.2) is 9.84 Å². The average molecular weight is 677 g/mol. The third-order valence-electron chi connectivity index (χ3n) is 16.1. The maximum absolute atomic E-state index is 12.0. The van der Waals surface area contributed by atoms with Crippen LogP contribution in [0.15, 0.2) is 24.5 Å². The summed E-state index contributed by atoms with van der Waals surface area (Å²) in [4.78, 5) is 17.6. The molecule has 1 N–H and O–H groups in total. The van der Waals surface area contributed by atoms with Gasteiger partial charge in [0, 0.05) is 56.2 Å². The van der Waals surface area contributed by atoms with Crippen LogP contribution in [0.2, 0.25) is 0 Å². The monoisotopic (exact) mass is 676 g/mol. The Morgan fingerprint density at radius 1 is 0.938 bits per heavy atom. The summed E-state index contributed by atoms with van der Waals surface area (Å²) in [5, 5.41) is 4.21. The lowest BCUT2D eigenvalue weighted by atomic mass is 9.33. The second-order valence-electron chi connectivity index (χ2n) is 18.2. The molecule has 0 radical (unpaired) electrons. The Morgan fingerprint density at radius 3 is 2.31 bits per heavy atom. The van der Waals surface area contributed by atoms with E-state index < -0.39 is 9.84 Å². The lowest BCUT2D eigenvalue weighted by Gasteiger charge is -2.73. The van der Waals surface area contributed by atoms with Crippen molar-refractivity contribution in [2.75, 3.05) is 49.1 Å². The summed E-state index contributed by atoms with van der Waals surface area (Å²) in [5.74, 6) is 4.51. The highest BCUT2D eigenvalue weighted by Gasteiger charge is 2.71. The minimum Gasteiger partial charge on any atom is -0.335 e. The number of sulfone groups is 1. The molecule has 6 aliphatic rings. The Morgan fingerprint density at radius 2 is 1.65 bits per heavy atom. The minimum atomic E-state index is -2.85. The second kappa shape index (κ2) is 11.8. The number of rotatable bonds is 6. The zero-order chi connectivity index (χ0) is 34.3. The molecular weight excluding hydrogens is 617 g/mol. The van der Waals surface area contributed by atoms with Crippen LogP contribution in [0, 0.1) is 52.4 Å². The van der Waals surface area contributed by atoms with Gasteiger partial charge in [-0.05, 0) is 124 Å². The van der Waals surface area contributed by atoms with Crippen molar-refractivity contribution in [1.82, 2.24) is 20.2 Å². The molecule has 6 fully saturated rings. The van der Waals surface area contributed by atoms with Crippen molar-refractivity contribution in [2.24, 2.45) is 45.8 Å². The summed E-state index contributed by atoms with van der Waals surface area (Å²) in [6.07, 6.45) is 14.7. The first kappa shape index (κ1) is 34.4. The zero-order valence-corrected chi connectivity index (χ0v) is 31.3. The molecule has 9 heteroatoms. The Hall–Kier alpha value is -2.02. The third-order valence-corrected chi connectivity index (χ3v) is 17.7. The lowest BCUT2D eigenvalue weighted by molar-refractivity contribution is -0.222. The molecule has 9 atom stereocenters. The molecule has 4 saturated carbocycles. The Bertz CT molecular complexity index is 1560. The van der Waals surface area contributed by atoms with Gasteiger partial charge in [-0.1, -0.05) is 32.9 Å². The Kier molecular flexibility index (Phi) is 8.44. The quantitative estimate of drug-likeness (QED) is 0.259. The van der Waals surface area contributed by atoms with Gasteiger partial charge in [0.1, 0.15) is 0 Å².